The van der Waals surface area contributed by atoms with Gasteiger partial charge in [-0.25, -0.2) is 4.98 Å². The summed E-state index contributed by atoms with van der Waals surface area (Å²) in [5.41, 5.74) is 1.17. The molecule has 5 heteroatoms. The smallest absolute Gasteiger partial charge is 0.150 e. The van der Waals surface area contributed by atoms with E-state index in [4.69, 9.17) is 0 Å². The Morgan fingerprint density at radius 3 is 2.67 bits per heavy atom. The van der Waals surface area contributed by atoms with E-state index in [0.717, 1.165) is 44.8 Å². The number of likely N-dealkylation sites (tertiary alicyclic amines) is 1. The molecule has 2 saturated heterocycles. The van der Waals surface area contributed by atoms with E-state index in [1.165, 1.54) is 18.5 Å². The Bertz CT molecular complexity index is 459. The van der Waals surface area contributed by atoms with Crippen molar-refractivity contribution in [2.75, 3.05) is 44.7 Å². The lowest BCUT2D eigenvalue weighted by Crippen LogP contribution is -2.38. The van der Waals surface area contributed by atoms with Crippen LogP contribution in [0.4, 0.5) is 5.82 Å². The van der Waals surface area contributed by atoms with Crippen molar-refractivity contribution in [3.05, 3.63) is 18.1 Å². The Balaban J connectivity index is 1.79. The minimum Gasteiger partial charge on any atom is -0.396 e. The highest BCUT2D eigenvalue weighted by Gasteiger charge is 2.27. The zero-order chi connectivity index (χ0) is 14.7. The fourth-order valence-electron chi connectivity index (χ4n) is 3.56. The minimum atomic E-state index is 0.278. The van der Waals surface area contributed by atoms with Gasteiger partial charge in [0.15, 0.2) is 5.82 Å². The summed E-state index contributed by atoms with van der Waals surface area (Å²) >= 11 is 0. The number of hydrogen-bond acceptors (Lipinski definition) is 5. The SMILES string of the molecule is CN1CCC(c2nccnc2N2CCC[C@@H](CO)C2)CC1. The third-order valence-electron chi connectivity index (χ3n) is 4.89. The van der Waals surface area contributed by atoms with Gasteiger partial charge < -0.3 is 14.9 Å². The van der Waals surface area contributed by atoms with E-state index in [1.54, 1.807) is 6.20 Å². The highest BCUT2D eigenvalue weighted by molar-refractivity contribution is 5.45. The van der Waals surface area contributed by atoms with E-state index in [-0.39, 0.29) is 6.61 Å². The first-order valence-corrected chi connectivity index (χ1v) is 8.13. The molecule has 0 aliphatic carbocycles. The molecule has 1 atom stereocenters. The summed E-state index contributed by atoms with van der Waals surface area (Å²) in [6, 6.07) is 0. The van der Waals surface area contributed by atoms with Crippen LogP contribution in [0.1, 0.15) is 37.3 Å². The van der Waals surface area contributed by atoms with E-state index in [1.807, 2.05) is 6.20 Å². The van der Waals surface area contributed by atoms with E-state index < -0.39 is 0 Å². The van der Waals surface area contributed by atoms with Crippen molar-refractivity contribution in [1.29, 1.82) is 0 Å². The average Bonchev–Trinajstić information content (AvgIpc) is 2.56. The van der Waals surface area contributed by atoms with E-state index in [2.05, 4.69) is 26.8 Å². The lowest BCUT2D eigenvalue weighted by molar-refractivity contribution is 0.208. The van der Waals surface area contributed by atoms with Gasteiger partial charge in [-0.2, -0.15) is 0 Å². The molecule has 21 heavy (non-hydrogen) atoms. The molecular formula is C16H26N4O. The van der Waals surface area contributed by atoms with Crippen molar-refractivity contribution in [2.45, 2.75) is 31.6 Å². The van der Waals surface area contributed by atoms with Crippen LogP contribution in [0.2, 0.25) is 0 Å². The maximum atomic E-state index is 9.43. The predicted molar refractivity (Wildman–Crippen MR) is 83.5 cm³/mol. The van der Waals surface area contributed by atoms with E-state index >= 15 is 0 Å². The molecule has 0 radical (unpaired) electrons. The van der Waals surface area contributed by atoms with Gasteiger partial charge in [0.25, 0.3) is 0 Å². The van der Waals surface area contributed by atoms with Gasteiger partial charge in [0.05, 0.1) is 5.69 Å². The minimum absolute atomic E-state index is 0.278. The summed E-state index contributed by atoms with van der Waals surface area (Å²) in [7, 11) is 2.18. The molecule has 0 bridgehead atoms. The van der Waals surface area contributed by atoms with Crippen molar-refractivity contribution in [3.8, 4) is 0 Å². The fraction of sp³-hybridized carbons (Fsp3) is 0.750. The van der Waals surface area contributed by atoms with Gasteiger partial charge in [-0.1, -0.05) is 0 Å². The predicted octanol–water partition coefficient (Wildman–Crippen LogP) is 1.49. The lowest BCUT2D eigenvalue weighted by atomic mass is 9.92. The van der Waals surface area contributed by atoms with Crippen molar-refractivity contribution in [1.82, 2.24) is 14.9 Å². The number of nitrogens with zero attached hydrogens (tertiary/aromatic N) is 4. The number of rotatable bonds is 3. The molecule has 2 fully saturated rings. The van der Waals surface area contributed by atoms with Crippen LogP contribution < -0.4 is 4.90 Å². The molecule has 1 aromatic heterocycles. The number of piperidine rings is 2. The molecule has 2 aliphatic rings. The Labute approximate surface area is 127 Å². The summed E-state index contributed by atoms with van der Waals surface area (Å²) in [5, 5.41) is 9.43. The third kappa shape index (κ3) is 3.35. The second kappa shape index (κ2) is 6.71. The van der Waals surface area contributed by atoms with Crippen LogP contribution >= 0.6 is 0 Å². The number of aromatic nitrogens is 2. The van der Waals surface area contributed by atoms with Gasteiger partial charge in [-0.15, -0.1) is 0 Å². The monoisotopic (exact) mass is 290 g/mol. The molecular weight excluding hydrogens is 264 g/mol. The molecule has 2 aliphatic heterocycles. The summed E-state index contributed by atoms with van der Waals surface area (Å²) in [4.78, 5) is 14.0. The van der Waals surface area contributed by atoms with E-state index in [9.17, 15) is 5.11 Å². The first-order chi connectivity index (χ1) is 10.3. The highest BCUT2D eigenvalue weighted by atomic mass is 16.3. The number of anilines is 1. The summed E-state index contributed by atoms with van der Waals surface area (Å²) < 4.78 is 0. The molecule has 0 unspecified atom stereocenters. The van der Waals surface area contributed by atoms with Crippen LogP contribution in [0.25, 0.3) is 0 Å². The zero-order valence-electron chi connectivity index (χ0n) is 12.9. The normalized spacial score (nSPS) is 25.2. The second-order valence-electron chi connectivity index (χ2n) is 6.48. The van der Waals surface area contributed by atoms with Crippen LogP contribution in [-0.2, 0) is 0 Å². The molecule has 3 heterocycles. The Morgan fingerprint density at radius 1 is 1.14 bits per heavy atom. The quantitative estimate of drug-likeness (QED) is 0.914. The first-order valence-electron chi connectivity index (χ1n) is 8.13. The topological polar surface area (TPSA) is 52.5 Å². The maximum Gasteiger partial charge on any atom is 0.150 e. The van der Waals surface area contributed by atoms with Crippen molar-refractivity contribution in [2.24, 2.45) is 5.92 Å². The van der Waals surface area contributed by atoms with Crippen LogP contribution in [0.3, 0.4) is 0 Å². The second-order valence-corrected chi connectivity index (χ2v) is 6.48. The Hall–Kier alpha value is -1.20. The molecule has 1 N–H and O–H groups in total. The van der Waals surface area contributed by atoms with Crippen LogP contribution in [0.15, 0.2) is 12.4 Å². The zero-order valence-corrected chi connectivity index (χ0v) is 12.9. The first kappa shape index (κ1) is 14.7. The average molecular weight is 290 g/mol. The maximum absolute atomic E-state index is 9.43. The number of aliphatic hydroxyl groups is 1. The molecule has 0 aromatic carbocycles. The van der Waals surface area contributed by atoms with Crippen LogP contribution in [0.5, 0.6) is 0 Å². The number of aliphatic hydroxyl groups excluding tert-OH is 1. The van der Waals surface area contributed by atoms with Gasteiger partial charge in [-0.05, 0) is 51.7 Å². The molecule has 1 aromatic rings. The molecule has 116 valence electrons. The summed E-state index contributed by atoms with van der Waals surface area (Å²) in [6.07, 6.45) is 8.21. The van der Waals surface area contributed by atoms with Crippen molar-refractivity contribution in [3.63, 3.8) is 0 Å². The Morgan fingerprint density at radius 2 is 1.90 bits per heavy atom. The van der Waals surface area contributed by atoms with Gasteiger partial charge >= 0.3 is 0 Å². The van der Waals surface area contributed by atoms with Crippen molar-refractivity contribution >= 4 is 5.82 Å². The van der Waals surface area contributed by atoms with Crippen molar-refractivity contribution < 1.29 is 5.11 Å². The van der Waals surface area contributed by atoms with Gasteiger partial charge in [-0.3, -0.25) is 4.98 Å². The van der Waals surface area contributed by atoms with Gasteiger partial charge in [0, 0.05) is 38.0 Å². The van der Waals surface area contributed by atoms with E-state index in [0.29, 0.717) is 11.8 Å². The lowest BCUT2D eigenvalue weighted by Gasteiger charge is -2.35. The fourth-order valence-corrected chi connectivity index (χ4v) is 3.56. The molecule has 3 rings (SSSR count). The Kier molecular flexibility index (Phi) is 4.70. The molecule has 0 amide bonds. The summed E-state index contributed by atoms with van der Waals surface area (Å²) in [5.74, 6) is 1.97. The van der Waals surface area contributed by atoms with Crippen LogP contribution in [0, 0.1) is 5.92 Å². The van der Waals surface area contributed by atoms with Gasteiger partial charge in [0.1, 0.15) is 0 Å². The molecule has 0 spiro atoms. The third-order valence-corrected chi connectivity index (χ3v) is 4.89. The summed E-state index contributed by atoms with van der Waals surface area (Å²) in [6.45, 7) is 4.50. The highest BCUT2D eigenvalue weighted by Crippen LogP contribution is 2.33. The standard InChI is InChI=1S/C16H26N4O/c1-19-9-4-14(5-10-19)15-16(18-7-6-17-15)20-8-2-3-13(11-20)12-21/h6-7,13-14,21H,2-5,8-12H2,1H3/t13-/m1/s1. The molecule has 5 nitrogen and oxygen atoms in total. The molecule has 0 saturated carbocycles. The van der Waals surface area contributed by atoms with Crippen LogP contribution in [-0.4, -0.2) is 59.8 Å². The van der Waals surface area contributed by atoms with Gasteiger partial charge in [0.2, 0.25) is 0 Å². The largest absolute Gasteiger partial charge is 0.396 e. The number of hydrogen-bond donors (Lipinski definition) is 1.